The van der Waals surface area contributed by atoms with Crippen molar-refractivity contribution in [2.45, 2.75) is 188 Å². The van der Waals surface area contributed by atoms with Crippen LogP contribution in [0.1, 0.15) is 193 Å². The third-order valence-electron chi connectivity index (χ3n) is 14.3. The van der Waals surface area contributed by atoms with Gasteiger partial charge in [0, 0.05) is 12.5 Å². The molecular formula is C54H81NO9. The predicted molar refractivity (Wildman–Crippen MR) is 252 cm³/mol. The zero-order valence-electron chi connectivity index (χ0n) is 40.1. The number of nitrogens with one attached hydrogen (secondary N) is 1. The molecule has 1 amide bonds. The van der Waals surface area contributed by atoms with E-state index in [-0.39, 0.29) is 40.8 Å². The Hall–Kier alpha value is -4.08. The van der Waals surface area contributed by atoms with Crippen molar-refractivity contribution in [3.05, 3.63) is 54.1 Å². The van der Waals surface area contributed by atoms with Crippen LogP contribution in [0.4, 0.5) is 4.79 Å². The van der Waals surface area contributed by atoms with E-state index in [2.05, 4.69) is 33.0 Å². The number of unbranched alkanes of at least 4 members (excludes halogenated alkanes) is 7. The van der Waals surface area contributed by atoms with E-state index in [1.807, 2.05) is 0 Å². The second-order valence-electron chi connectivity index (χ2n) is 20.5. The Bertz CT molecular complexity index is 1710. The second-order valence-corrected chi connectivity index (χ2v) is 20.5. The van der Waals surface area contributed by atoms with Gasteiger partial charge in [0.1, 0.15) is 17.2 Å². The average Bonchev–Trinajstić information content (AvgIpc) is 3.27. The number of ether oxygens (including phenoxy) is 5. The monoisotopic (exact) mass is 888 g/mol. The fourth-order valence-corrected chi connectivity index (χ4v) is 11.1. The summed E-state index contributed by atoms with van der Waals surface area (Å²) in [5.41, 5.74) is 0.442. The van der Waals surface area contributed by atoms with Gasteiger partial charge in [0.2, 0.25) is 0 Å². The van der Waals surface area contributed by atoms with Crippen molar-refractivity contribution in [3.8, 4) is 17.2 Å². The first-order valence-electron chi connectivity index (χ1n) is 25.2. The summed E-state index contributed by atoms with van der Waals surface area (Å²) in [4.78, 5) is 50.5. The van der Waals surface area contributed by atoms with Crippen LogP contribution in [0.3, 0.4) is 0 Å². The topological polar surface area (TPSA) is 126 Å². The van der Waals surface area contributed by atoms with Crippen molar-refractivity contribution in [2.24, 2.45) is 34.5 Å². The minimum Gasteiger partial charge on any atom is -0.494 e. The standard InChI is InChI=1S/C54H81NO9/c1-6-8-13-16-40-17-19-41(20-18-40)42-21-23-43(24-22-42)50(57)63-47-29-31-48(32-30-47)64-51(58)44-25-27-46(28-26-44)61-35-14-11-9-10-12-15-36-62-49(56)33-34-54(5)38-45(37-53(3,4)39-54)55-52(59)60-7-2/h25-32,40-43,45H,6-24,33-39H2,1-5H3,(H,55,59). The molecule has 0 heterocycles. The molecule has 2 aromatic carbocycles. The highest BCUT2D eigenvalue weighted by atomic mass is 16.6. The van der Waals surface area contributed by atoms with Gasteiger partial charge in [-0.05, 0) is 161 Å². The number of carbonyl (C=O) groups is 4. The summed E-state index contributed by atoms with van der Waals surface area (Å²) in [6, 6.07) is 13.7. The molecule has 0 aliphatic heterocycles. The summed E-state index contributed by atoms with van der Waals surface area (Å²) in [6.07, 6.45) is 24.5. The Morgan fingerprint density at radius 1 is 0.641 bits per heavy atom. The molecule has 0 radical (unpaired) electrons. The van der Waals surface area contributed by atoms with Crippen LogP contribution in [0.25, 0.3) is 0 Å². The number of hydrogen-bond acceptors (Lipinski definition) is 9. The number of hydrogen-bond donors (Lipinski definition) is 1. The minimum absolute atomic E-state index is 0.0390. The zero-order valence-corrected chi connectivity index (χ0v) is 40.1. The Morgan fingerprint density at radius 2 is 1.23 bits per heavy atom. The van der Waals surface area contributed by atoms with Crippen molar-refractivity contribution in [1.29, 1.82) is 0 Å². The molecule has 2 aromatic rings. The minimum atomic E-state index is -0.467. The third kappa shape index (κ3) is 17.7. The first-order valence-corrected chi connectivity index (χ1v) is 25.2. The molecule has 1 N–H and O–H groups in total. The van der Waals surface area contributed by atoms with Crippen LogP contribution < -0.4 is 19.5 Å². The lowest BCUT2D eigenvalue weighted by Gasteiger charge is -2.46. The molecule has 3 saturated carbocycles. The average molecular weight is 888 g/mol. The summed E-state index contributed by atoms with van der Waals surface area (Å²) in [7, 11) is 0. The lowest BCUT2D eigenvalue weighted by Crippen LogP contribution is -2.47. The molecule has 0 spiro atoms. The maximum absolute atomic E-state index is 13.0. The highest BCUT2D eigenvalue weighted by Gasteiger charge is 2.42. The van der Waals surface area contributed by atoms with Gasteiger partial charge in [-0.1, -0.05) is 91.9 Å². The van der Waals surface area contributed by atoms with Crippen molar-refractivity contribution in [1.82, 2.24) is 5.32 Å². The highest BCUT2D eigenvalue weighted by Crippen LogP contribution is 2.49. The van der Waals surface area contributed by atoms with Gasteiger partial charge in [0.25, 0.3) is 0 Å². The van der Waals surface area contributed by atoms with E-state index in [9.17, 15) is 19.2 Å². The van der Waals surface area contributed by atoms with Gasteiger partial charge in [-0.15, -0.1) is 0 Å². The first kappa shape index (κ1) is 50.9. The van der Waals surface area contributed by atoms with E-state index in [0.29, 0.717) is 49.1 Å². The molecule has 0 bridgehead atoms. The molecule has 10 nitrogen and oxygen atoms in total. The Labute approximate surface area is 385 Å². The van der Waals surface area contributed by atoms with E-state index in [4.69, 9.17) is 23.7 Å². The van der Waals surface area contributed by atoms with Crippen molar-refractivity contribution in [3.63, 3.8) is 0 Å². The van der Waals surface area contributed by atoms with Gasteiger partial charge in [-0.3, -0.25) is 9.59 Å². The van der Waals surface area contributed by atoms with E-state index in [1.165, 1.54) is 51.4 Å². The van der Waals surface area contributed by atoms with E-state index >= 15 is 0 Å². The molecule has 3 aliphatic carbocycles. The number of alkyl carbamates (subject to hydrolysis) is 1. The Morgan fingerprint density at radius 3 is 1.88 bits per heavy atom. The number of carbonyl (C=O) groups excluding carboxylic acids is 4. The first-order chi connectivity index (χ1) is 30.8. The van der Waals surface area contributed by atoms with Crippen LogP contribution in [0.2, 0.25) is 0 Å². The van der Waals surface area contributed by atoms with Gasteiger partial charge in [-0.25, -0.2) is 9.59 Å². The summed E-state index contributed by atoms with van der Waals surface area (Å²) >= 11 is 0. The number of amides is 1. The van der Waals surface area contributed by atoms with Crippen molar-refractivity contribution in [2.75, 3.05) is 19.8 Å². The van der Waals surface area contributed by atoms with Gasteiger partial charge in [0.15, 0.2) is 0 Å². The van der Waals surface area contributed by atoms with Crippen molar-refractivity contribution >= 4 is 24.0 Å². The van der Waals surface area contributed by atoms with Crippen LogP contribution in [0, 0.1) is 34.5 Å². The predicted octanol–water partition coefficient (Wildman–Crippen LogP) is 13.4. The summed E-state index contributed by atoms with van der Waals surface area (Å²) in [5, 5.41) is 3.02. The molecule has 5 rings (SSSR count). The Kier molecular flexibility index (Phi) is 20.8. The van der Waals surface area contributed by atoms with Crippen LogP contribution >= 0.6 is 0 Å². The lowest BCUT2D eigenvalue weighted by molar-refractivity contribution is -0.145. The van der Waals surface area contributed by atoms with Crippen LogP contribution in [-0.2, 0) is 19.1 Å². The van der Waals surface area contributed by atoms with Crippen LogP contribution in [-0.4, -0.2) is 49.9 Å². The molecule has 3 fully saturated rings. The second kappa shape index (κ2) is 26.2. The smallest absolute Gasteiger partial charge is 0.407 e. The summed E-state index contributed by atoms with van der Waals surface area (Å²) < 4.78 is 27.9. The highest BCUT2D eigenvalue weighted by molar-refractivity contribution is 5.91. The molecular weight excluding hydrogens is 807 g/mol. The summed E-state index contributed by atoms with van der Waals surface area (Å²) in [5.74, 6) is 3.27. The molecule has 3 aliphatic rings. The van der Waals surface area contributed by atoms with Crippen LogP contribution in [0.5, 0.6) is 17.2 Å². The quantitative estimate of drug-likeness (QED) is 0.0623. The molecule has 0 aromatic heterocycles. The molecule has 10 heteroatoms. The third-order valence-corrected chi connectivity index (χ3v) is 14.3. The number of rotatable bonds is 24. The van der Waals surface area contributed by atoms with E-state index in [0.717, 1.165) is 108 Å². The molecule has 2 atom stereocenters. The van der Waals surface area contributed by atoms with Crippen molar-refractivity contribution < 1.29 is 42.9 Å². The maximum atomic E-state index is 13.0. The van der Waals surface area contributed by atoms with Gasteiger partial charge in [-0.2, -0.15) is 0 Å². The maximum Gasteiger partial charge on any atom is 0.407 e. The fraction of sp³-hybridized carbons (Fsp3) is 0.704. The fourth-order valence-electron chi connectivity index (χ4n) is 11.1. The van der Waals surface area contributed by atoms with Gasteiger partial charge >= 0.3 is 24.0 Å². The lowest BCUT2D eigenvalue weighted by atomic mass is 9.61. The van der Waals surface area contributed by atoms with E-state index < -0.39 is 5.97 Å². The molecule has 0 saturated heterocycles. The SMILES string of the molecule is CCCCCC1CCC(C2CCC(C(=O)Oc3ccc(OC(=O)c4ccc(OCCCCCCCCOC(=O)CCC5(C)CC(NC(=O)OCC)CC(C)(C)C5)cc4)cc3)CC2)CC1. The normalized spacial score (nSPS) is 24.2. The molecule has 2 unspecified atom stereocenters. The zero-order chi connectivity index (χ0) is 45.8. The van der Waals surface area contributed by atoms with Gasteiger partial charge in [0.05, 0.1) is 31.3 Å². The summed E-state index contributed by atoms with van der Waals surface area (Å²) in [6.45, 7) is 12.1. The Balaban J connectivity index is 0.872. The van der Waals surface area contributed by atoms with Gasteiger partial charge < -0.3 is 29.0 Å². The van der Waals surface area contributed by atoms with E-state index in [1.54, 1.807) is 55.5 Å². The van der Waals surface area contributed by atoms with Crippen LogP contribution in [0.15, 0.2) is 48.5 Å². The molecule has 64 heavy (non-hydrogen) atoms. The molecule has 356 valence electrons. The number of esters is 3. The largest absolute Gasteiger partial charge is 0.494 e. The number of benzene rings is 2.